The highest BCUT2D eigenvalue weighted by Gasteiger charge is 2.42. The lowest BCUT2D eigenvalue weighted by Gasteiger charge is -2.53. The molecule has 0 radical (unpaired) electrons. The van der Waals surface area contributed by atoms with Crippen LogP contribution in [0.25, 0.3) is 0 Å². The maximum absolute atomic E-state index is 12.1. The first-order chi connectivity index (χ1) is 11.5. The Kier molecular flexibility index (Phi) is 5.48. The Hall–Kier alpha value is -1.10. The van der Waals surface area contributed by atoms with Crippen molar-refractivity contribution >= 4 is 11.8 Å². The standard InChI is InChI=1S/C19H33N3O2/c1-14-11-21(13-17-7-6-10-20(12-17)15(2)23)18-8-4-5-9-19(18)22(14)16(3)24/h14,17-19H,4-13H2,1-3H3/t14-,17-,18?,19?/m0/s1. The maximum Gasteiger partial charge on any atom is 0.220 e. The molecule has 3 rings (SSSR count). The molecular formula is C19H33N3O2. The number of carbonyl (C=O) groups is 2. The summed E-state index contributed by atoms with van der Waals surface area (Å²) in [5.74, 6) is 1.03. The van der Waals surface area contributed by atoms with Gasteiger partial charge in [0.2, 0.25) is 11.8 Å². The maximum atomic E-state index is 12.1. The molecule has 5 heteroatoms. The van der Waals surface area contributed by atoms with Crippen molar-refractivity contribution < 1.29 is 9.59 Å². The fourth-order valence-corrected chi connectivity index (χ4v) is 5.32. The fraction of sp³-hybridized carbons (Fsp3) is 0.895. The molecule has 0 N–H and O–H groups in total. The van der Waals surface area contributed by atoms with E-state index in [0.717, 1.165) is 39.0 Å². The van der Waals surface area contributed by atoms with Crippen LogP contribution < -0.4 is 0 Å². The van der Waals surface area contributed by atoms with Gasteiger partial charge in [-0.1, -0.05) is 12.8 Å². The summed E-state index contributed by atoms with van der Waals surface area (Å²) in [5, 5.41) is 0. The Balaban J connectivity index is 1.69. The van der Waals surface area contributed by atoms with Gasteiger partial charge in [0.05, 0.1) is 0 Å². The highest BCUT2D eigenvalue weighted by molar-refractivity contribution is 5.74. The van der Waals surface area contributed by atoms with Crippen molar-refractivity contribution in [2.45, 2.75) is 77.4 Å². The van der Waals surface area contributed by atoms with Crippen LogP contribution in [0, 0.1) is 5.92 Å². The number of likely N-dealkylation sites (tertiary alicyclic amines) is 1. The van der Waals surface area contributed by atoms with Gasteiger partial charge in [0.15, 0.2) is 0 Å². The quantitative estimate of drug-likeness (QED) is 0.776. The first-order valence-electron chi connectivity index (χ1n) is 9.76. The van der Waals surface area contributed by atoms with Gasteiger partial charge in [0.1, 0.15) is 0 Å². The van der Waals surface area contributed by atoms with E-state index in [1.54, 1.807) is 13.8 Å². The van der Waals surface area contributed by atoms with Gasteiger partial charge in [-0.3, -0.25) is 14.5 Å². The highest BCUT2D eigenvalue weighted by Crippen LogP contribution is 2.34. The molecule has 0 bridgehead atoms. The predicted octanol–water partition coefficient (Wildman–Crippen LogP) is 2.11. The van der Waals surface area contributed by atoms with Gasteiger partial charge in [-0.15, -0.1) is 0 Å². The Morgan fingerprint density at radius 1 is 0.917 bits per heavy atom. The minimum absolute atomic E-state index is 0.213. The van der Waals surface area contributed by atoms with Crippen LogP contribution in [0.4, 0.5) is 0 Å². The highest BCUT2D eigenvalue weighted by atomic mass is 16.2. The minimum Gasteiger partial charge on any atom is -0.343 e. The number of rotatable bonds is 2. The number of hydrogen-bond donors (Lipinski definition) is 0. The second kappa shape index (κ2) is 7.42. The minimum atomic E-state index is 0.213. The Morgan fingerprint density at radius 2 is 1.62 bits per heavy atom. The van der Waals surface area contributed by atoms with Crippen LogP contribution in [-0.2, 0) is 9.59 Å². The van der Waals surface area contributed by atoms with E-state index in [1.165, 1.54) is 25.7 Å². The molecule has 2 unspecified atom stereocenters. The lowest BCUT2D eigenvalue weighted by Crippen LogP contribution is -2.65. The largest absolute Gasteiger partial charge is 0.343 e. The number of amides is 2. The van der Waals surface area contributed by atoms with E-state index in [1.807, 2.05) is 4.90 Å². The second-order valence-electron chi connectivity index (χ2n) is 8.12. The average Bonchev–Trinajstić information content (AvgIpc) is 2.54. The van der Waals surface area contributed by atoms with Gasteiger partial charge in [-0.2, -0.15) is 0 Å². The van der Waals surface area contributed by atoms with Crippen molar-refractivity contribution in [3.8, 4) is 0 Å². The molecular weight excluding hydrogens is 302 g/mol. The van der Waals surface area contributed by atoms with Crippen LogP contribution in [0.5, 0.6) is 0 Å². The van der Waals surface area contributed by atoms with Crippen molar-refractivity contribution in [2.24, 2.45) is 5.92 Å². The summed E-state index contributed by atoms with van der Waals surface area (Å²) in [5.41, 5.74) is 0. The summed E-state index contributed by atoms with van der Waals surface area (Å²) in [7, 11) is 0. The van der Waals surface area contributed by atoms with E-state index >= 15 is 0 Å². The molecule has 3 fully saturated rings. The van der Waals surface area contributed by atoms with E-state index < -0.39 is 0 Å². The summed E-state index contributed by atoms with van der Waals surface area (Å²) in [6.45, 7) is 9.51. The van der Waals surface area contributed by atoms with Crippen LogP contribution in [0.1, 0.15) is 59.3 Å². The van der Waals surface area contributed by atoms with Crippen molar-refractivity contribution in [1.29, 1.82) is 0 Å². The molecule has 0 aromatic heterocycles. The molecule has 2 saturated heterocycles. The molecule has 0 spiro atoms. The van der Waals surface area contributed by atoms with Crippen LogP contribution >= 0.6 is 0 Å². The summed E-state index contributed by atoms with van der Waals surface area (Å²) in [6.07, 6.45) is 7.23. The average molecular weight is 335 g/mol. The van der Waals surface area contributed by atoms with Crippen LogP contribution in [0.15, 0.2) is 0 Å². The molecule has 0 aromatic rings. The number of fused-ring (bicyclic) bond motifs is 1. The molecule has 24 heavy (non-hydrogen) atoms. The molecule has 3 aliphatic rings. The van der Waals surface area contributed by atoms with Crippen molar-refractivity contribution in [3.05, 3.63) is 0 Å². The number of nitrogens with zero attached hydrogens (tertiary/aromatic N) is 3. The second-order valence-corrected chi connectivity index (χ2v) is 8.12. The summed E-state index contributed by atoms with van der Waals surface area (Å²) in [6, 6.07) is 1.22. The van der Waals surface area contributed by atoms with E-state index in [2.05, 4.69) is 16.7 Å². The molecule has 2 amide bonds. The van der Waals surface area contributed by atoms with Crippen molar-refractivity contribution in [3.63, 3.8) is 0 Å². The first-order valence-corrected chi connectivity index (χ1v) is 9.76. The lowest BCUT2D eigenvalue weighted by atomic mass is 9.83. The third-order valence-corrected chi connectivity index (χ3v) is 6.31. The van der Waals surface area contributed by atoms with Gasteiger partial charge >= 0.3 is 0 Å². The molecule has 5 nitrogen and oxygen atoms in total. The molecule has 2 heterocycles. The van der Waals surface area contributed by atoms with Gasteiger partial charge < -0.3 is 9.80 Å². The van der Waals surface area contributed by atoms with Crippen LogP contribution in [0.2, 0.25) is 0 Å². The predicted molar refractivity (Wildman–Crippen MR) is 94.6 cm³/mol. The molecule has 0 aromatic carbocycles. The lowest BCUT2D eigenvalue weighted by molar-refractivity contribution is -0.143. The van der Waals surface area contributed by atoms with Gasteiger partial charge in [0, 0.05) is 58.2 Å². The van der Waals surface area contributed by atoms with E-state index in [-0.39, 0.29) is 11.8 Å². The first kappa shape index (κ1) is 17.7. The SMILES string of the molecule is CC(=O)N1CCC[C@H](CN2C[C@H](C)N(C(C)=O)C3CCCCC32)C1. The molecule has 1 aliphatic carbocycles. The van der Waals surface area contributed by atoms with Crippen LogP contribution in [-0.4, -0.2) is 70.8 Å². The fourth-order valence-electron chi connectivity index (χ4n) is 5.32. The number of piperidine rings is 1. The third kappa shape index (κ3) is 3.61. The van der Waals surface area contributed by atoms with E-state index in [4.69, 9.17) is 0 Å². The smallest absolute Gasteiger partial charge is 0.220 e. The zero-order valence-corrected chi connectivity index (χ0v) is 15.5. The normalized spacial score (nSPS) is 34.8. The van der Waals surface area contributed by atoms with Crippen molar-refractivity contribution in [1.82, 2.24) is 14.7 Å². The Labute approximate surface area is 146 Å². The molecule has 2 aliphatic heterocycles. The van der Waals surface area contributed by atoms with E-state index in [0.29, 0.717) is 24.0 Å². The van der Waals surface area contributed by atoms with Crippen molar-refractivity contribution in [2.75, 3.05) is 26.2 Å². The Morgan fingerprint density at radius 3 is 2.29 bits per heavy atom. The van der Waals surface area contributed by atoms with Gasteiger partial charge in [-0.25, -0.2) is 0 Å². The zero-order valence-electron chi connectivity index (χ0n) is 15.5. The van der Waals surface area contributed by atoms with Gasteiger partial charge in [-0.05, 0) is 38.5 Å². The monoisotopic (exact) mass is 335 g/mol. The summed E-state index contributed by atoms with van der Waals surface area (Å²) < 4.78 is 0. The summed E-state index contributed by atoms with van der Waals surface area (Å²) >= 11 is 0. The number of hydrogen-bond acceptors (Lipinski definition) is 3. The molecule has 1 saturated carbocycles. The topological polar surface area (TPSA) is 43.9 Å². The third-order valence-electron chi connectivity index (χ3n) is 6.31. The Bertz CT molecular complexity index is 481. The van der Waals surface area contributed by atoms with Crippen LogP contribution in [0.3, 0.4) is 0 Å². The zero-order chi connectivity index (χ0) is 17.3. The number of carbonyl (C=O) groups excluding carboxylic acids is 2. The summed E-state index contributed by atoms with van der Waals surface area (Å²) in [4.78, 5) is 30.7. The number of piperazine rings is 1. The molecule has 4 atom stereocenters. The van der Waals surface area contributed by atoms with E-state index in [9.17, 15) is 9.59 Å². The molecule has 136 valence electrons. The van der Waals surface area contributed by atoms with Gasteiger partial charge in [0.25, 0.3) is 0 Å².